The fraction of sp³-hybridized carbons (Fsp3) is 0.471. The van der Waals surface area contributed by atoms with Crippen LogP contribution in [0.25, 0.3) is 0 Å². The molecule has 1 fully saturated rings. The SMILES string of the molecule is CO[C@H]1CN(c2nc(C(F)F)c(C(=O)O)s2)CC[C@H]1NC(=O)c1[nH]c(C)c(Cl)c1Cl. The molecule has 3 N–H and O–H groups in total. The lowest BCUT2D eigenvalue weighted by atomic mass is 10.0. The van der Waals surface area contributed by atoms with Crippen molar-refractivity contribution in [1.82, 2.24) is 15.3 Å². The van der Waals surface area contributed by atoms with Gasteiger partial charge in [0.25, 0.3) is 12.3 Å². The summed E-state index contributed by atoms with van der Waals surface area (Å²) in [7, 11) is 1.46. The summed E-state index contributed by atoms with van der Waals surface area (Å²) >= 11 is 12.8. The van der Waals surface area contributed by atoms with E-state index in [1.807, 2.05) is 0 Å². The van der Waals surface area contributed by atoms with Crippen LogP contribution >= 0.6 is 34.5 Å². The van der Waals surface area contributed by atoms with Gasteiger partial charge in [0.1, 0.15) is 16.3 Å². The monoisotopic (exact) mass is 482 g/mol. The maximum Gasteiger partial charge on any atom is 0.348 e. The van der Waals surface area contributed by atoms with Crippen LogP contribution in [0.1, 0.15) is 44.4 Å². The number of nitrogens with zero attached hydrogens (tertiary/aromatic N) is 2. The summed E-state index contributed by atoms with van der Waals surface area (Å²) in [6, 6.07) is -0.384. The molecular formula is C17H18Cl2F2N4O4S. The summed E-state index contributed by atoms with van der Waals surface area (Å²) in [6.45, 7) is 2.28. The Labute approximate surface area is 184 Å². The molecule has 1 saturated heterocycles. The molecule has 8 nitrogen and oxygen atoms in total. The van der Waals surface area contributed by atoms with Crippen LogP contribution in [0.2, 0.25) is 10.0 Å². The first-order valence-electron chi connectivity index (χ1n) is 8.78. The second-order valence-corrected chi connectivity index (χ2v) is 8.39. The molecular weight excluding hydrogens is 465 g/mol. The van der Waals surface area contributed by atoms with E-state index < -0.39 is 35.0 Å². The Hall–Kier alpha value is -1.95. The van der Waals surface area contributed by atoms with E-state index in [9.17, 15) is 18.4 Å². The van der Waals surface area contributed by atoms with Crippen molar-refractivity contribution < 1.29 is 28.2 Å². The molecule has 13 heteroatoms. The van der Waals surface area contributed by atoms with Crippen molar-refractivity contribution in [2.24, 2.45) is 0 Å². The zero-order valence-electron chi connectivity index (χ0n) is 15.8. The van der Waals surface area contributed by atoms with Gasteiger partial charge in [-0.2, -0.15) is 0 Å². The third-order valence-electron chi connectivity index (χ3n) is 4.77. The number of carboxylic acids is 1. The summed E-state index contributed by atoms with van der Waals surface area (Å²) in [5.74, 6) is -1.89. The molecule has 3 rings (SSSR count). The van der Waals surface area contributed by atoms with Crippen LogP contribution in [0.15, 0.2) is 0 Å². The molecule has 0 bridgehead atoms. The first kappa shape index (κ1) is 22.7. The van der Waals surface area contributed by atoms with Crippen LogP contribution in [-0.4, -0.2) is 59.3 Å². The lowest BCUT2D eigenvalue weighted by molar-refractivity contribution is 0.0540. The maximum atomic E-state index is 13.1. The third kappa shape index (κ3) is 4.39. The summed E-state index contributed by atoms with van der Waals surface area (Å²) in [5, 5.41) is 12.6. The van der Waals surface area contributed by atoms with Crippen molar-refractivity contribution in [1.29, 1.82) is 0 Å². The van der Waals surface area contributed by atoms with Crippen LogP contribution in [0.3, 0.4) is 0 Å². The number of aromatic amines is 1. The fourth-order valence-corrected chi connectivity index (χ4v) is 4.58. The van der Waals surface area contributed by atoms with Gasteiger partial charge in [-0.1, -0.05) is 34.5 Å². The number of aromatic nitrogens is 2. The number of aryl methyl sites for hydroxylation is 1. The minimum atomic E-state index is -2.99. The molecule has 1 amide bonds. The van der Waals surface area contributed by atoms with E-state index in [0.717, 1.165) is 0 Å². The van der Waals surface area contributed by atoms with Crippen LogP contribution in [-0.2, 0) is 4.74 Å². The van der Waals surface area contributed by atoms with Gasteiger partial charge >= 0.3 is 5.97 Å². The van der Waals surface area contributed by atoms with Crippen molar-refractivity contribution in [3.8, 4) is 0 Å². The predicted molar refractivity (Wildman–Crippen MR) is 108 cm³/mol. The summed E-state index contributed by atoms with van der Waals surface area (Å²) in [6.07, 6.45) is -3.06. The van der Waals surface area contributed by atoms with E-state index in [4.69, 9.17) is 33.0 Å². The maximum absolute atomic E-state index is 13.1. The van der Waals surface area contributed by atoms with Crippen LogP contribution < -0.4 is 10.2 Å². The average molecular weight is 483 g/mol. The molecule has 2 aromatic heterocycles. The molecule has 164 valence electrons. The number of H-pyrrole nitrogens is 1. The van der Waals surface area contributed by atoms with Gasteiger partial charge in [0.15, 0.2) is 5.13 Å². The highest BCUT2D eigenvalue weighted by molar-refractivity contribution is 7.17. The fourth-order valence-electron chi connectivity index (χ4n) is 3.22. The van der Waals surface area contributed by atoms with Crippen molar-refractivity contribution in [2.75, 3.05) is 25.1 Å². The van der Waals surface area contributed by atoms with E-state index in [-0.39, 0.29) is 33.5 Å². The Morgan fingerprint density at radius 3 is 2.60 bits per heavy atom. The highest BCUT2D eigenvalue weighted by Crippen LogP contribution is 2.34. The Balaban J connectivity index is 1.74. The molecule has 0 spiro atoms. The largest absolute Gasteiger partial charge is 0.477 e. The van der Waals surface area contributed by atoms with E-state index in [1.165, 1.54) is 7.11 Å². The van der Waals surface area contributed by atoms with Gasteiger partial charge in [0.05, 0.1) is 22.2 Å². The number of methoxy groups -OCH3 is 1. The van der Waals surface area contributed by atoms with Gasteiger partial charge in [0.2, 0.25) is 0 Å². The number of carbonyl (C=O) groups is 2. The lowest BCUT2D eigenvalue weighted by Crippen LogP contribution is -2.55. The Kier molecular flexibility index (Phi) is 6.85. The molecule has 30 heavy (non-hydrogen) atoms. The Morgan fingerprint density at radius 2 is 2.10 bits per heavy atom. The number of alkyl halides is 2. The second-order valence-electron chi connectivity index (χ2n) is 6.66. The molecule has 1 aliphatic rings. The van der Waals surface area contributed by atoms with Crippen molar-refractivity contribution in [3.05, 3.63) is 32.0 Å². The number of amides is 1. The smallest absolute Gasteiger partial charge is 0.348 e. The van der Waals surface area contributed by atoms with E-state index in [0.29, 0.717) is 30.0 Å². The number of piperidine rings is 1. The van der Waals surface area contributed by atoms with Crippen molar-refractivity contribution >= 4 is 51.5 Å². The minimum Gasteiger partial charge on any atom is -0.477 e. The number of halogens is 4. The third-order valence-corrected chi connectivity index (χ3v) is 6.84. The summed E-state index contributed by atoms with van der Waals surface area (Å²) < 4.78 is 31.7. The molecule has 0 aromatic carbocycles. The number of nitrogens with one attached hydrogen (secondary N) is 2. The number of carbonyl (C=O) groups excluding carboxylic acids is 1. The number of carboxylic acid groups (broad SMARTS) is 1. The molecule has 2 atom stereocenters. The number of ether oxygens (including phenoxy) is 1. The highest BCUT2D eigenvalue weighted by atomic mass is 35.5. The predicted octanol–water partition coefficient (Wildman–Crippen LogP) is 3.75. The molecule has 3 heterocycles. The normalized spacial score (nSPS) is 19.4. The first-order chi connectivity index (χ1) is 14.1. The standard InChI is InChI=1S/C17H18Cl2F2N4O4S/c1-6-9(18)10(19)11(22-6)15(26)23-7-3-4-25(5-8(7)29-2)17-24-12(14(20)21)13(30-17)16(27)28/h7-8,14,22H,3-5H2,1-2H3,(H,23,26)(H,27,28)/t7-,8+/m1/s1. The van der Waals surface area contributed by atoms with Gasteiger partial charge in [-0.05, 0) is 13.3 Å². The van der Waals surface area contributed by atoms with Crippen LogP contribution in [0, 0.1) is 6.92 Å². The molecule has 2 aromatic rings. The zero-order chi connectivity index (χ0) is 22.2. The molecule has 0 aliphatic carbocycles. The Bertz CT molecular complexity index is 968. The quantitative estimate of drug-likeness (QED) is 0.578. The first-order valence-corrected chi connectivity index (χ1v) is 10.4. The van der Waals surface area contributed by atoms with Crippen molar-refractivity contribution in [3.63, 3.8) is 0 Å². The molecule has 1 aliphatic heterocycles. The second kappa shape index (κ2) is 9.04. The van der Waals surface area contributed by atoms with Gasteiger partial charge in [-0.25, -0.2) is 18.6 Å². The van der Waals surface area contributed by atoms with Crippen LogP contribution in [0.5, 0.6) is 0 Å². The number of rotatable bonds is 6. The number of hydrogen-bond donors (Lipinski definition) is 3. The van der Waals surface area contributed by atoms with E-state index >= 15 is 0 Å². The van der Waals surface area contributed by atoms with Gasteiger partial charge in [-0.3, -0.25) is 4.79 Å². The van der Waals surface area contributed by atoms with Crippen molar-refractivity contribution in [2.45, 2.75) is 31.9 Å². The number of anilines is 1. The summed E-state index contributed by atoms with van der Waals surface area (Å²) in [4.78, 5) is 31.7. The van der Waals surface area contributed by atoms with E-state index in [2.05, 4.69) is 15.3 Å². The molecule has 0 radical (unpaired) electrons. The number of aromatic carboxylic acids is 1. The summed E-state index contributed by atoms with van der Waals surface area (Å²) in [5.41, 5.74) is -0.0395. The molecule has 0 unspecified atom stereocenters. The Morgan fingerprint density at radius 1 is 1.40 bits per heavy atom. The number of thiazole rings is 1. The molecule has 0 saturated carbocycles. The van der Waals surface area contributed by atoms with Gasteiger partial charge < -0.3 is 25.0 Å². The average Bonchev–Trinajstić information content (AvgIpc) is 3.26. The minimum absolute atomic E-state index is 0.126. The van der Waals surface area contributed by atoms with Crippen LogP contribution in [0.4, 0.5) is 13.9 Å². The zero-order valence-corrected chi connectivity index (χ0v) is 18.2. The topological polar surface area (TPSA) is 108 Å². The highest BCUT2D eigenvalue weighted by Gasteiger charge is 2.34. The van der Waals surface area contributed by atoms with Gasteiger partial charge in [-0.15, -0.1) is 0 Å². The van der Waals surface area contributed by atoms with E-state index in [1.54, 1.807) is 11.8 Å². The lowest BCUT2D eigenvalue weighted by Gasteiger charge is -2.37. The number of hydrogen-bond acceptors (Lipinski definition) is 6. The van der Waals surface area contributed by atoms with Gasteiger partial charge in [0, 0.05) is 25.9 Å².